The van der Waals surface area contributed by atoms with E-state index >= 15 is 0 Å². The molecule has 22 heavy (non-hydrogen) atoms. The zero-order chi connectivity index (χ0) is 15.4. The van der Waals surface area contributed by atoms with Gasteiger partial charge in [-0.1, -0.05) is 56.5 Å². The summed E-state index contributed by atoms with van der Waals surface area (Å²) < 4.78 is 0. The van der Waals surface area contributed by atoms with Crippen molar-refractivity contribution in [3.8, 4) is 0 Å². The SMILES string of the molecule is CC(=NO)C1CCC(C2CCCC(C3CCCCC3)C2)CC1. The summed E-state index contributed by atoms with van der Waals surface area (Å²) in [6, 6.07) is 0. The Morgan fingerprint density at radius 3 is 1.82 bits per heavy atom. The van der Waals surface area contributed by atoms with Gasteiger partial charge in [-0.2, -0.15) is 0 Å². The van der Waals surface area contributed by atoms with Crippen LogP contribution < -0.4 is 0 Å². The molecule has 1 N–H and O–H groups in total. The van der Waals surface area contributed by atoms with Crippen molar-refractivity contribution in [2.75, 3.05) is 0 Å². The summed E-state index contributed by atoms with van der Waals surface area (Å²) in [4.78, 5) is 0. The molecular formula is C20H35NO. The van der Waals surface area contributed by atoms with Crippen molar-refractivity contribution in [3.63, 3.8) is 0 Å². The van der Waals surface area contributed by atoms with E-state index in [1.165, 1.54) is 83.5 Å². The maximum absolute atomic E-state index is 8.97. The number of hydrogen-bond donors (Lipinski definition) is 1. The molecule has 3 saturated carbocycles. The third-order valence-corrected chi connectivity index (χ3v) is 7.26. The molecule has 2 atom stereocenters. The Balaban J connectivity index is 1.50. The zero-order valence-electron chi connectivity index (χ0n) is 14.5. The van der Waals surface area contributed by atoms with Gasteiger partial charge in [-0.25, -0.2) is 0 Å². The van der Waals surface area contributed by atoms with Gasteiger partial charge in [0, 0.05) is 5.92 Å². The summed E-state index contributed by atoms with van der Waals surface area (Å²) in [5.74, 6) is 4.65. The van der Waals surface area contributed by atoms with Gasteiger partial charge in [0.1, 0.15) is 0 Å². The number of rotatable bonds is 3. The highest BCUT2D eigenvalue weighted by molar-refractivity contribution is 5.83. The molecule has 2 nitrogen and oxygen atoms in total. The molecule has 0 bridgehead atoms. The van der Waals surface area contributed by atoms with Gasteiger partial charge in [-0.05, 0) is 62.7 Å². The molecule has 3 aliphatic rings. The van der Waals surface area contributed by atoms with Gasteiger partial charge < -0.3 is 5.21 Å². The molecule has 2 unspecified atom stereocenters. The summed E-state index contributed by atoms with van der Waals surface area (Å²) >= 11 is 0. The van der Waals surface area contributed by atoms with E-state index in [2.05, 4.69) is 5.16 Å². The number of nitrogens with zero attached hydrogens (tertiary/aromatic N) is 1. The van der Waals surface area contributed by atoms with Crippen molar-refractivity contribution in [1.29, 1.82) is 0 Å². The van der Waals surface area contributed by atoms with Crippen LogP contribution in [0.5, 0.6) is 0 Å². The van der Waals surface area contributed by atoms with Crippen molar-refractivity contribution >= 4 is 5.71 Å². The topological polar surface area (TPSA) is 32.6 Å². The second kappa shape index (κ2) is 7.84. The van der Waals surface area contributed by atoms with E-state index < -0.39 is 0 Å². The number of oxime groups is 1. The Kier molecular flexibility index (Phi) is 5.82. The first kappa shape index (κ1) is 16.3. The first-order chi connectivity index (χ1) is 10.8. The molecule has 0 radical (unpaired) electrons. The fourth-order valence-corrected chi connectivity index (χ4v) is 5.82. The van der Waals surface area contributed by atoms with E-state index in [4.69, 9.17) is 5.21 Å². The summed E-state index contributed by atoms with van der Waals surface area (Å²) in [7, 11) is 0. The molecule has 0 heterocycles. The lowest BCUT2D eigenvalue weighted by atomic mass is 9.64. The van der Waals surface area contributed by atoms with Crippen LogP contribution in [-0.4, -0.2) is 10.9 Å². The van der Waals surface area contributed by atoms with Crippen LogP contribution in [0.3, 0.4) is 0 Å². The van der Waals surface area contributed by atoms with Gasteiger partial charge in [0.05, 0.1) is 5.71 Å². The first-order valence-corrected chi connectivity index (χ1v) is 9.96. The Bertz CT molecular complexity index is 364. The summed E-state index contributed by atoms with van der Waals surface area (Å²) in [6.07, 6.45) is 18.8. The van der Waals surface area contributed by atoms with Gasteiger partial charge in [-0.3, -0.25) is 0 Å². The maximum atomic E-state index is 8.97. The fraction of sp³-hybridized carbons (Fsp3) is 0.950. The molecule has 3 fully saturated rings. The van der Waals surface area contributed by atoms with Crippen LogP contribution in [0.15, 0.2) is 5.16 Å². The van der Waals surface area contributed by atoms with Crippen LogP contribution >= 0.6 is 0 Å². The van der Waals surface area contributed by atoms with Gasteiger partial charge in [0.2, 0.25) is 0 Å². The molecule has 2 heteroatoms. The summed E-state index contributed by atoms with van der Waals surface area (Å²) in [5.41, 5.74) is 0.960. The normalized spacial score (nSPS) is 38.9. The molecule has 0 aliphatic heterocycles. The molecule has 0 saturated heterocycles. The third-order valence-electron chi connectivity index (χ3n) is 7.26. The minimum atomic E-state index is 0.555. The number of hydrogen-bond acceptors (Lipinski definition) is 2. The van der Waals surface area contributed by atoms with Crippen molar-refractivity contribution in [3.05, 3.63) is 0 Å². The van der Waals surface area contributed by atoms with Crippen molar-refractivity contribution in [2.45, 2.75) is 90.4 Å². The van der Waals surface area contributed by atoms with Crippen LogP contribution in [-0.2, 0) is 0 Å². The minimum Gasteiger partial charge on any atom is -0.411 e. The van der Waals surface area contributed by atoms with Gasteiger partial charge >= 0.3 is 0 Å². The lowest BCUT2D eigenvalue weighted by Crippen LogP contribution is -2.31. The van der Waals surface area contributed by atoms with E-state index in [9.17, 15) is 0 Å². The molecular weight excluding hydrogens is 270 g/mol. The summed E-state index contributed by atoms with van der Waals surface area (Å²) in [6.45, 7) is 1.99. The lowest BCUT2D eigenvalue weighted by molar-refractivity contribution is 0.106. The van der Waals surface area contributed by atoms with Crippen molar-refractivity contribution in [2.24, 2.45) is 34.7 Å². The Hall–Kier alpha value is -0.530. The lowest BCUT2D eigenvalue weighted by Gasteiger charge is -2.41. The largest absolute Gasteiger partial charge is 0.411 e. The van der Waals surface area contributed by atoms with E-state index in [1.54, 1.807) is 0 Å². The monoisotopic (exact) mass is 305 g/mol. The highest BCUT2D eigenvalue weighted by Crippen LogP contribution is 2.46. The highest BCUT2D eigenvalue weighted by Gasteiger charge is 2.34. The second-order valence-corrected chi connectivity index (χ2v) is 8.44. The van der Waals surface area contributed by atoms with E-state index in [1.807, 2.05) is 6.92 Å². The quantitative estimate of drug-likeness (QED) is 0.385. The fourth-order valence-electron chi connectivity index (χ4n) is 5.82. The van der Waals surface area contributed by atoms with Crippen LogP contribution in [0.4, 0.5) is 0 Å². The van der Waals surface area contributed by atoms with Crippen molar-refractivity contribution < 1.29 is 5.21 Å². The first-order valence-electron chi connectivity index (χ1n) is 9.96. The molecule has 3 aliphatic carbocycles. The predicted molar refractivity (Wildman–Crippen MR) is 92.4 cm³/mol. The molecule has 126 valence electrons. The van der Waals surface area contributed by atoms with E-state index in [0.717, 1.165) is 29.4 Å². The maximum Gasteiger partial charge on any atom is 0.0570 e. The Labute approximate surface area is 136 Å². The molecule has 0 aromatic rings. The second-order valence-electron chi connectivity index (χ2n) is 8.44. The Morgan fingerprint density at radius 1 is 0.682 bits per heavy atom. The average molecular weight is 306 g/mol. The molecule has 0 aromatic heterocycles. The molecule has 3 rings (SSSR count). The molecule has 0 amide bonds. The molecule has 0 aromatic carbocycles. The molecule has 0 spiro atoms. The Morgan fingerprint density at radius 2 is 1.23 bits per heavy atom. The van der Waals surface area contributed by atoms with Crippen LogP contribution in [0.1, 0.15) is 90.4 Å². The van der Waals surface area contributed by atoms with Gasteiger partial charge in [0.15, 0.2) is 0 Å². The zero-order valence-corrected chi connectivity index (χ0v) is 14.5. The van der Waals surface area contributed by atoms with E-state index in [-0.39, 0.29) is 0 Å². The van der Waals surface area contributed by atoms with Crippen molar-refractivity contribution in [1.82, 2.24) is 0 Å². The van der Waals surface area contributed by atoms with Gasteiger partial charge in [0.25, 0.3) is 0 Å². The highest BCUT2D eigenvalue weighted by atomic mass is 16.4. The van der Waals surface area contributed by atoms with Crippen LogP contribution in [0.2, 0.25) is 0 Å². The van der Waals surface area contributed by atoms with Gasteiger partial charge in [-0.15, -0.1) is 0 Å². The van der Waals surface area contributed by atoms with Crippen LogP contribution in [0, 0.1) is 29.6 Å². The summed E-state index contributed by atoms with van der Waals surface area (Å²) in [5, 5.41) is 12.4. The smallest absolute Gasteiger partial charge is 0.0570 e. The average Bonchev–Trinajstić information content (AvgIpc) is 2.62. The standard InChI is InChI=1S/C20H35NO/c1-15(21-22)16-10-12-18(13-11-16)20-9-5-8-19(14-20)17-6-3-2-4-7-17/h16-20,22H,2-14H2,1H3. The van der Waals surface area contributed by atoms with Crippen LogP contribution in [0.25, 0.3) is 0 Å². The minimum absolute atomic E-state index is 0.555. The predicted octanol–water partition coefficient (Wildman–Crippen LogP) is 6.03. The van der Waals surface area contributed by atoms with E-state index in [0.29, 0.717) is 5.92 Å². The third kappa shape index (κ3) is 3.86.